The maximum Gasteiger partial charge on any atom is 0.136 e. The van der Waals surface area contributed by atoms with E-state index in [2.05, 4.69) is 0 Å². The zero-order valence-corrected chi connectivity index (χ0v) is 10.2. The van der Waals surface area contributed by atoms with Crippen molar-refractivity contribution in [1.82, 2.24) is 4.57 Å². The Morgan fingerprint density at radius 2 is 2.22 bits per heavy atom. The Morgan fingerprint density at radius 1 is 1.33 bits per heavy atom. The van der Waals surface area contributed by atoms with Gasteiger partial charge in [-0.1, -0.05) is 6.07 Å². The van der Waals surface area contributed by atoms with Crippen molar-refractivity contribution in [3.05, 3.63) is 36.3 Å². The van der Waals surface area contributed by atoms with E-state index in [0.717, 1.165) is 37.7 Å². The molecule has 2 aromatic rings. The van der Waals surface area contributed by atoms with Gasteiger partial charge in [0.15, 0.2) is 0 Å². The highest BCUT2D eigenvalue weighted by Crippen LogP contribution is 2.26. The summed E-state index contributed by atoms with van der Waals surface area (Å²) >= 11 is 0. The number of hydrogen-bond donors (Lipinski definition) is 0. The number of hydrogen-bond acceptors (Lipinski definition) is 1. The fourth-order valence-corrected chi connectivity index (χ4v) is 2.87. The predicted octanol–water partition coefficient (Wildman–Crippen LogP) is 3.54. The number of Topliss-reactive ketones (excluding diaryl/α,β-unsaturated/α-hetero) is 1. The topological polar surface area (TPSA) is 22.0 Å². The van der Waals surface area contributed by atoms with Gasteiger partial charge in [-0.2, -0.15) is 0 Å². The number of carbonyl (C=O) groups excluding carboxylic acids is 1. The number of benzene rings is 1. The Labute approximate surface area is 105 Å². The van der Waals surface area contributed by atoms with Crippen LogP contribution in [0.25, 0.3) is 10.9 Å². The Kier molecular flexibility index (Phi) is 2.90. The Balaban J connectivity index is 1.79. The molecule has 0 bridgehead atoms. The first-order chi connectivity index (χ1) is 8.75. The van der Waals surface area contributed by atoms with Crippen molar-refractivity contribution in [1.29, 1.82) is 0 Å². The summed E-state index contributed by atoms with van der Waals surface area (Å²) in [6, 6.07) is 6.94. The molecule has 3 rings (SSSR count). The van der Waals surface area contributed by atoms with Crippen LogP contribution < -0.4 is 0 Å². The largest absolute Gasteiger partial charge is 0.347 e. The summed E-state index contributed by atoms with van der Waals surface area (Å²) < 4.78 is 15.6. The highest BCUT2D eigenvalue weighted by Gasteiger charge is 2.23. The quantitative estimate of drug-likeness (QED) is 0.810. The van der Waals surface area contributed by atoms with E-state index in [0.29, 0.717) is 11.2 Å². The van der Waals surface area contributed by atoms with E-state index in [4.69, 9.17) is 0 Å². The molecule has 1 fully saturated rings. The summed E-state index contributed by atoms with van der Waals surface area (Å²) in [7, 11) is 0. The SMILES string of the molecule is O=C1CCCC1CCn1ccc2c(F)cccc21. The average molecular weight is 245 g/mol. The van der Waals surface area contributed by atoms with E-state index in [1.807, 2.05) is 16.8 Å². The minimum absolute atomic E-state index is 0.178. The average Bonchev–Trinajstić information content (AvgIpc) is 2.94. The molecule has 0 radical (unpaired) electrons. The second kappa shape index (κ2) is 4.56. The van der Waals surface area contributed by atoms with Crippen LogP contribution in [0.5, 0.6) is 0 Å². The number of carbonyl (C=O) groups is 1. The third-order valence-electron chi connectivity index (χ3n) is 3.91. The van der Waals surface area contributed by atoms with Crippen LogP contribution in [0.2, 0.25) is 0 Å². The predicted molar refractivity (Wildman–Crippen MR) is 68.9 cm³/mol. The maximum absolute atomic E-state index is 13.5. The van der Waals surface area contributed by atoms with Crippen LogP contribution in [0.15, 0.2) is 30.5 Å². The molecule has 1 aliphatic rings. The molecule has 1 aliphatic carbocycles. The minimum atomic E-state index is -0.178. The molecule has 1 unspecified atom stereocenters. The van der Waals surface area contributed by atoms with Gasteiger partial charge in [0.1, 0.15) is 11.6 Å². The molecule has 94 valence electrons. The molecule has 3 heteroatoms. The summed E-state index contributed by atoms with van der Waals surface area (Å²) in [5.41, 5.74) is 0.917. The number of nitrogens with zero attached hydrogens (tertiary/aromatic N) is 1. The molecule has 0 spiro atoms. The van der Waals surface area contributed by atoms with Gasteiger partial charge in [-0.3, -0.25) is 4.79 Å². The highest BCUT2D eigenvalue weighted by atomic mass is 19.1. The van der Waals surface area contributed by atoms with E-state index >= 15 is 0 Å². The van der Waals surface area contributed by atoms with Gasteiger partial charge >= 0.3 is 0 Å². The van der Waals surface area contributed by atoms with Crippen LogP contribution in [0.1, 0.15) is 25.7 Å². The maximum atomic E-state index is 13.5. The van der Waals surface area contributed by atoms with Crippen molar-refractivity contribution in [3.63, 3.8) is 0 Å². The molecule has 1 atom stereocenters. The number of aryl methyl sites for hydroxylation is 1. The molecule has 1 heterocycles. The standard InChI is InChI=1S/C15H16FNO/c16-13-4-2-5-14-12(13)8-10-17(14)9-7-11-3-1-6-15(11)18/h2,4-5,8,10-11H,1,3,6-7,9H2. The van der Waals surface area contributed by atoms with Gasteiger partial charge < -0.3 is 4.57 Å². The highest BCUT2D eigenvalue weighted by molar-refractivity contribution is 5.83. The van der Waals surface area contributed by atoms with Crippen LogP contribution in [0, 0.1) is 11.7 Å². The first-order valence-electron chi connectivity index (χ1n) is 6.52. The van der Waals surface area contributed by atoms with Gasteiger partial charge in [0, 0.05) is 30.5 Å². The van der Waals surface area contributed by atoms with Gasteiger partial charge in [-0.25, -0.2) is 4.39 Å². The minimum Gasteiger partial charge on any atom is -0.347 e. The number of fused-ring (bicyclic) bond motifs is 1. The van der Waals surface area contributed by atoms with Crippen LogP contribution in [0.4, 0.5) is 4.39 Å². The fraction of sp³-hybridized carbons (Fsp3) is 0.400. The number of aromatic nitrogens is 1. The summed E-state index contributed by atoms with van der Waals surface area (Å²) in [5.74, 6) is 0.442. The van der Waals surface area contributed by atoms with Crippen LogP contribution in [-0.2, 0) is 11.3 Å². The van der Waals surface area contributed by atoms with Crippen molar-refractivity contribution >= 4 is 16.7 Å². The molecule has 0 saturated heterocycles. The lowest BCUT2D eigenvalue weighted by atomic mass is 10.0. The van der Waals surface area contributed by atoms with Gasteiger partial charge in [0.2, 0.25) is 0 Å². The zero-order valence-electron chi connectivity index (χ0n) is 10.2. The first-order valence-corrected chi connectivity index (χ1v) is 6.52. The van der Waals surface area contributed by atoms with Crippen LogP contribution in [-0.4, -0.2) is 10.4 Å². The normalized spacial score (nSPS) is 19.8. The molecule has 1 aromatic heterocycles. The molecule has 18 heavy (non-hydrogen) atoms. The van der Waals surface area contributed by atoms with E-state index in [1.165, 1.54) is 6.07 Å². The summed E-state index contributed by atoms with van der Waals surface area (Å²) in [6.45, 7) is 0.795. The summed E-state index contributed by atoms with van der Waals surface area (Å²) in [5, 5.41) is 0.662. The second-order valence-electron chi connectivity index (χ2n) is 5.03. The van der Waals surface area contributed by atoms with Crippen molar-refractivity contribution in [3.8, 4) is 0 Å². The third-order valence-corrected chi connectivity index (χ3v) is 3.91. The first kappa shape index (κ1) is 11.5. The van der Waals surface area contributed by atoms with E-state index < -0.39 is 0 Å². The van der Waals surface area contributed by atoms with Crippen molar-refractivity contribution < 1.29 is 9.18 Å². The second-order valence-corrected chi connectivity index (χ2v) is 5.03. The van der Waals surface area contributed by atoms with E-state index in [9.17, 15) is 9.18 Å². The Bertz CT molecular complexity index is 587. The molecular formula is C15H16FNO. The summed E-state index contributed by atoms with van der Waals surface area (Å²) in [6.07, 6.45) is 5.58. The molecule has 0 amide bonds. The molecule has 0 N–H and O–H groups in total. The Hall–Kier alpha value is -1.64. The van der Waals surface area contributed by atoms with E-state index in [1.54, 1.807) is 12.1 Å². The van der Waals surface area contributed by atoms with E-state index in [-0.39, 0.29) is 11.7 Å². The molecule has 1 aromatic carbocycles. The van der Waals surface area contributed by atoms with Crippen molar-refractivity contribution in [2.75, 3.05) is 0 Å². The van der Waals surface area contributed by atoms with Gasteiger partial charge in [0.05, 0.1) is 5.52 Å². The van der Waals surface area contributed by atoms with Crippen LogP contribution >= 0.6 is 0 Å². The number of rotatable bonds is 3. The lowest BCUT2D eigenvalue weighted by Gasteiger charge is -2.09. The molecule has 0 aliphatic heterocycles. The molecule has 1 saturated carbocycles. The van der Waals surface area contributed by atoms with Crippen molar-refractivity contribution in [2.45, 2.75) is 32.2 Å². The van der Waals surface area contributed by atoms with Crippen molar-refractivity contribution in [2.24, 2.45) is 5.92 Å². The van der Waals surface area contributed by atoms with Gasteiger partial charge in [0.25, 0.3) is 0 Å². The lowest BCUT2D eigenvalue weighted by Crippen LogP contribution is -2.09. The summed E-state index contributed by atoms with van der Waals surface area (Å²) in [4.78, 5) is 11.6. The van der Waals surface area contributed by atoms with Crippen LogP contribution in [0.3, 0.4) is 0 Å². The number of ketones is 1. The zero-order chi connectivity index (χ0) is 12.5. The smallest absolute Gasteiger partial charge is 0.136 e. The van der Waals surface area contributed by atoms with Gasteiger partial charge in [-0.05, 0) is 37.5 Å². The molecular weight excluding hydrogens is 229 g/mol. The molecule has 2 nitrogen and oxygen atoms in total. The number of halogens is 1. The Morgan fingerprint density at radius 3 is 3.00 bits per heavy atom. The van der Waals surface area contributed by atoms with Gasteiger partial charge in [-0.15, -0.1) is 0 Å². The fourth-order valence-electron chi connectivity index (χ4n) is 2.87. The lowest BCUT2D eigenvalue weighted by molar-refractivity contribution is -0.120. The third kappa shape index (κ3) is 1.94. The monoisotopic (exact) mass is 245 g/mol.